The highest BCUT2D eigenvalue weighted by atomic mass is 16.5. The molecule has 0 saturated carbocycles. The number of ketones is 1. The van der Waals surface area contributed by atoms with Crippen molar-refractivity contribution < 1.29 is 14.3 Å². The van der Waals surface area contributed by atoms with Crippen molar-refractivity contribution in [3.8, 4) is 11.5 Å². The molecule has 2 rings (SSSR count). The monoisotopic (exact) mass is 313 g/mol. The summed E-state index contributed by atoms with van der Waals surface area (Å²) < 4.78 is 11.5. The predicted octanol–water partition coefficient (Wildman–Crippen LogP) is 4.07. The molecule has 122 valence electrons. The Morgan fingerprint density at radius 3 is 2.09 bits per heavy atom. The normalized spacial score (nSPS) is 10.9. The van der Waals surface area contributed by atoms with Crippen LogP contribution in [0.1, 0.15) is 43.6 Å². The summed E-state index contributed by atoms with van der Waals surface area (Å²) in [4.78, 5) is 12.7. The summed E-state index contributed by atoms with van der Waals surface area (Å²) in [7, 11) is 0. The lowest BCUT2D eigenvalue weighted by Crippen LogP contribution is -2.12. The van der Waals surface area contributed by atoms with Gasteiger partial charge >= 0.3 is 0 Å². The van der Waals surface area contributed by atoms with Crippen molar-refractivity contribution in [2.24, 2.45) is 0 Å². The second-order valence-corrected chi connectivity index (χ2v) is 5.94. The molecule has 0 heterocycles. The van der Waals surface area contributed by atoms with Crippen LogP contribution in [-0.4, -0.2) is 18.0 Å². The molecular formula is C19H23NO3. The van der Waals surface area contributed by atoms with Gasteiger partial charge in [-0.1, -0.05) is 0 Å². The number of ether oxygens (including phenoxy) is 2. The molecule has 0 aliphatic heterocycles. The van der Waals surface area contributed by atoms with Crippen LogP contribution in [0.5, 0.6) is 11.5 Å². The van der Waals surface area contributed by atoms with Gasteiger partial charge in [-0.25, -0.2) is 0 Å². The second-order valence-electron chi connectivity index (χ2n) is 5.94. The molecule has 2 N–H and O–H groups in total. The molecule has 0 aliphatic rings. The van der Waals surface area contributed by atoms with E-state index in [1.54, 1.807) is 42.5 Å². The average Bonchev–Trinajstić information content (AvgIpc) is 2.46. The average molecular weight is 313 g/mol. The molecule has 0 radical (unpaired) electrons. The van der Waals surface area contributed by atoms with E-state index in [-0.39, 0.29) is 18.0 Å². The van der Waals surface area contributed by atoms with Gasteiger partial charge in [0.25, 0.3) is 0 Å². The number of rotatable bonds is 6. The van der Waals surface area contributed by atoms with Gasteiger partial charge in [0.15, 0.2) is 5.78 Å². The second kappa shape index (κ2) is 7.18. The van der Waals surface area contributed by atoms with Gasteiger partial charge < -0.3 is 15.2 Å². The maximum absolute atomic E-state index is 12.7. The summed E-state index contributed by atoms with van der Waals surface area (Å²) in [6, 6.07) is 12.2. The summed E-state index contributed by atoms with van der Waals surface area (Å²) in [5.74, 6) is 1.11. The van der Waals surface area contributed by atoms with Crippen molar-refractivity contribution >= 4 is 11.5 Å². The fourth-order valence-corrected chi connectivity index (χ4v) is 2.18. The first-order valence-corrected chi connectivity index (χ1v) is 7.74. The van der Waals surface area contributed by atoms with Crippen LogP contribution in [0.3, 0.4) is 0 Å². The van der Waals surface area contributed by atoms with Gasteiger partial charge in [0.05, 0.1) is 17.8 Å². The molecule has 0 bridgehead atoms. The zero-order chi connectivity index (χ0) is 17.0. The lowest BCUT2D eigenvalue weighted by Gasteiger charge is -2.16. The Labute approximate surface area is 137 Å². The van der Waals surface area contributed by atoms with Crippen LogP contribution in [0.4, 0.5) is 5.69 Å². The van der Waals surface area contributed by atoms with Gasteiger partial charge in [-0.2, -0.15) is 0 Å². The minimum atomic E-state index is -0.100. The third kappa shape index (κ3) is 4.49. The molecule has 0 spiro atoms. The van der Waals surface area contributed by atoms with Crippen LogP contribution in [0.2, 0.25) is 0 Å². The molecule has 0 aliphatic carbocycles. The molecule has 2 aromatic carbocycles. The fraction of sp³-hybridized carbons (Fsp3) is 0.316. The lowest BCUT2D eigenvalue weighted by molar-refractivity contribution is 0.103. The zero-order valence-corrected chi connectivity index (χ0v) is 14.0. The number of benzene rings is 2. The molecule has 0 unspecified atom stereocenters. The fourth-order valence-electron chi connectivity index (χ4n) is 2.18. The van der Waals surface area contributed by atoms with Crippen LogP contribution in [0, 0.1) is 0 Å². The van der Waals surface area contributed by atoms with Crippen LogP contribution in [0.15, 0.2) is 42.5 Å². The van der Waals surface area contributed by atoms with E-state index in [0.29, 0.717) is 28.3 Å². The molecule has 2 aromatic rings. The molecule has 0 atom stereocenters. The van der Waals surface area contributed by atoms with Crippen LogP contribution >= 0.6 is 0 Å². The first-order valence-electron chi connectivity index (χ1n) is 7.74. The smallest absolute Gasteiger partial charge is 0.196 e. The Kier molecular flexibility index (Phi) is 5.27. The number of carbonyl (C=O) groups is 1. The van der Waals surface area contributed by atoms with Gasteiger partial charge in [0, 0.05) is 17.3 Å². The minimum Gasteiger partial charge on any atom is -0.491 e. The van der Waals surface area contributed by atoms with Gasteiger partial charge in [-0.15, -0.1) is 0 Å². The Bertz CT molecular complexity index is 676. The number of hydrogen-bond donors (Lipinski definition) is 1. The standard InChI is InChI=1S/C19H23NO3/c1-12(2)22-16-9-10-17(18(11-16)23-13(3)4)19(21)14-5-7-15(20)8-6-14/h5-13H,20H2,1-4H3. The quantitative estimate of drug-likeness (QED) is 0.645. The number of carbonyl (C=O) groups excluding carboxylic acids is 1. The van der Waals surface area contributed by atoms with E-state index in [9.17, 15) is 4.79 Å². The van der Waals surface area contributed by atoms with E-state index < -0.39 is 0 Å². The number of nitrogens with two attached hydrogens (primary N) is 1. The lowest BCUT2D eigenvalue weighted by atomic mass is 10.0. The molecule has 4 nitrogen and oxygen atoms in total. The van der Waals surface area contributed by atoms with Crippen LogP contribution < -0.4 is 15.2 Å². The van der Waals surface area contributed by atoms with Crippen molar-refractivity contribution in [3.05, 3.63) is 53.6 Å². The molecular weight excluding hydrogens is 290 g/mol. The first-order chi connectivity index (χ1) is 10.9. The SMILES string of the molecule is CC(C)Oc1ccc(C(=O)c2ccc(N)cc2)c(OC(C)C)c1. The molecule has 0 saturated heterocycles. The minimum absolute atomic E-state index is 0.0396. The third-order valence-corrected chi connectivity index (χ3v) is 3.11. The van der Waals surface area contributed by atoms with Crippen LogP contribution in [0.25, 0.3) is 0 Å². The van der Waals surface area contributed by atoms with Gasteiger partial charge in [0.2, 0.25) is 0 Å². The number of hydrogen-bond acceptors (Lipinski definition) is 4. The molecule has 4 heteroatoms. The van der Waals surface area contributed by atoms with E-state index in [0.717, 1.165) is 0 Å². The Hall–Kier alpha value is -2.49. The van der Waals surface area contributed by atoms with E-state index in [2.05, 4.69) is 0 Å². The maximum Gasteiger partial charge on any atom is 0.196 e. The Balaban J connectivity index is 2.39. The zero-order valence-electron chi connectivity index (χ0n) is 14.0. The van der Waals surface area contributed by atoms with Crippen LogP contribution in [-0.2, 0) is 0 Å². The summed E-state index contributed by atoms with van der Waals surface area (Å²) >= 11 is 0. The molecule has 0 fully saturated rings. The topological polar surface area (TPSA) is 61.5 Å². The summed E-state index contributed by atoms with van der Waals surface area (Å²) in [6.45, 7) is 7.76. The summed E-state index contributed by atoms with van der Waals surface area (Å²) in [6.07, 6.45) is 0.0165. The predicted molar refractivity (Wildman–Crippen MR) is 92.3 cm³/mol. The highest BCUT2D eigenvalue weighted by Gasteiger charge is 2.17. The van der Waals surface area contributed by atoms with E-state index >= 15 is 0 Å². The van der Waals surface area contributed by atoms with Gasteiger partial charge in [-0.3, -0.25) is 4.79 Å². The number of nitrogen functional groups attached to an aromatic ring is 1. The Morgan fingerprint density at radius 2 is 1.52 bits per heavy atom. The largest absolute Gasteiger partial charge is 0.491 e. The maximum atomic E-state index is 12.7. The summed E-state index contributed by atoms with van der Waals surface area (Å²) in [5, 5.41) is 0. The van der Waals surface area contributed by atoms with E-state index in [1.807, 2.05) is 27.7 Å². The molecule has 0 amide bonds. The van der Waals surface area contributed by atoms with Gasteiger partial charge in [-0.05, 0) is 64.1 Å². The summed E-state index contributed by atoms with van der Waals surface area (Å²) in [5.41, 5.74) is 7.39. The van der Waals surface area contributed by atoms with Crippen molar-refractivity contribution in [1.82, 2.24) is 0 Å². The first kappa shape index (κ1) is 16.9. The highest BCUT2D eigenvalue weighted by Crippen LogP contribution is 2.29. The molecule has 0 aromatic heterocycles. The van der Waals surface area contributed by atoms with Crippen molar-refractivity contribution in [1.29, 1.82) is 0 Å². The Morgan fingerprint density at radius 1 is 0.913 bits per heavy atom. The van der Waals surface area contributed by atoms with E-state index in [1.165, 1.54) is 0 Å². The number of anilines is 1. The van der Waals surface area contributed by atoms with Crippen molar-refractivity contribution in [2.45, 2.75) is 39.9 Å². The third-order valence-electron chi connectivity index (χ3n) is 3.11. The van der Waals surface area contributed by atoms with Crippen molar-refractivity contribution in [3.63, 3.8) is 0 Å². The van der Waals surface area contributed by atoms with E-state index in [4.69, 9.17) is 15.2 Å². The molecule has 23 heavy (non-hydrogen) atoms. The van der Waals surface area contributed by atoms with Gasteiger partial charge in [0.1, 0.15) is 11.5 Å². The van der Waals surface area contributed by atoms with Crippen molar-refractivity contribution in [2.75, 3.05) is 5.73 Å². The highest BCUT2D eigenvalue weighted by molar-refractivity contribution is 6.10.